The van der Waals surface area contributed by atoms with Crippen molar-refractivity contribution in [3.8, 4) is 0 Å². The molecule has 0 saturated heterocycles. The van der Waals surface area contributed by atoms with E-state index in [0.717, 1.165) is 51.4 Å². The summed E-state index contributed by atoms with van der Waals surface area (Å²) in [6, 6.07) is 0.319. The molecule has 0 spiro atoms. The monoisotopic (exact) mass is 273 g/mol. The van der Waals surface area contributed by atoms with Crippen LogP contribution in [-0.4, -0.2) is 23.6 Å². The van der Waals surface area contributed by atoms with Gasteiger partial charge in [0.2, 0.25) is 12.1 Å². The Kier molecular flexibility index (Phi) is 4.49. The molecule has 0 aromatic heterocycles. The van der Waals surface area contributed by atoms with Gasteiger partial charge >= 0.3 is 0 Å². The molecule has 0 radical (unpaired) electrons. The van der Waals surface area contributed by atoms with E-state index in [1.54, 1.807) is 0 Å². The van der Waals surface area contributed by atoms with Crippen LogP contribution < -0.4 is 11.5 Å². The number of nitrogens with two attached hydrogens (primary N) is 2. The first-order valence-corrected chi connectivity index (χ1v) is 7.43. The molecule has 4 N–H and O–H groups in total. The minimum Gasteiger partial charge on any atom is -0.370 e. The van der Waals surface area contributed by atoms with E-state index < -0.39 is 0 Å². The average molecular weight is 273 g/mol. The van der Waals surface area contributed by atoms with Gasteiger partial charge in [-0.15, -0.1) is 0 Å². The van der Waals surface area contributed by atoms with Crippen molar-refractivity contribution >= 4 is 5.96 Å². The summed E-state index contributed by atoms with van der Waals surface area (Å²) in [5, 5.41) is 0. The van der Waals surface area contributed by atoms with Crippen LogP contribution in [0.5, 0.6) is 0 Å². The molecule has 0 atom stereocenters. The lowest BCUT2D eigenvalue weighted by Crippen LogP contribution is -2.45. The van der Waals surface area contributed by atoms with Crippen LogP contribution in [0.4, 0.5) is 0 Å². The summed E-state index contributed by atoms with van der Waals surface area (Å²) in [6.45, 7) is 14.3. The van der Waals surface area contributed by atoms with Crippen LogP contribution in [0.1, 0.15) is 51.4 Å². The molecule has 108 valence electrons. The lowest BCUT2D eigenvalue weighted by molar-refractivity contribution is 0.151. The zero-order valence-corrected chi connectivity index (χ0v) is 11.9. The molecule has 2 aliphatic carbocycles. The second-order valence-electron chi connectivity index (χ2n) is 6.14. The number of guanidine groups is 1. The maximum absolute atomic E-state index is 7.17. The topological polar surface area (TPSA) is 73.1 Å². The summed E-state index contributed by atoms with van der Waals surface area (Å²) < 4.78 is 0. The largest absolute Gasteiger partial charge is 0.370 e. The van der Waals surface area contributed by atoms with Crippen LogP contribution in [0.2, 0.25) is 0 Å². The number of rotatable bonds is 2. The molecule has 0 aromatic rings. The van der Waals surface area contributed by atoms with E-state index in [4.69, 9.17) is 24.6 Å². The fourth-order valence-electron chi connectivity index (χ4n) is 3.84. The molecule has 2 rings (SSSR count). The molecular weight excluding hydrogens is 250 g/mol. The van der Waals surface area contributed by atoms with E-state index >= 15 is 0 Å². The molecule has 0 bridgehead atoms. The zero-order valence-electron chi connectivity index (χ0n) is 11.9. The van der Waals surface area contributed by atoms with Crippen molar-refractivity contribution in [1.82, 2.24) is 0 Å². The molecule has 5 nitrogen and oxygen atoms in total. The highest BCUT2D eigenvalue weighted by molar-refractivity contribution is 5.76. The predicted molar refractivity (Wildman–Crippen MR) is 79.7 cm³/mol. The summed E-state index contributed by atoms with van der Waals surface area (Å²) in [6.07, 6.45) is 7.59. The second kappa shape index (κ2) is 6.13. The first-order chi connectivity index (χ1) is 9.59. The highest BCUT2D eigenvalue weighted by Gasteiger charge is 2.45. The van der Waals surface area contributed by atoms with Crippen molar-refractivity contribution in [2.24, 2.45) is 22.4 Å². The minimum atomic E-state index is -0.174. The number of hydrogen-bond donors (Lipinski definition) is 2. The van der Waals surface area contributed by atoms with Crippen molar-refractivity contribution in [2.75, 3.05) is 0 Å². The molecule has 2 aliphatic rings. The van der Waals surface area contributed by atoms with Gasteiger partial charge in [0.25, 0.3) is 0 Å². The molecule has 5 heteroatoms. The SMILES string of the molecule is [C-]#[N+]C1CCC(C2(N=C(N)N)CCC([N+]#[C-])CC2)CC1. The second-order valence-corrected chi connectivity index (χ2v) is 6.14. The van der Waals surface area contributed by atoms with Crippen LogP contribution in [0.25, 0.3) is 9.69 Å². The van der Waals surface area contributed by atoms with Gasteiger partial charge in [0.1, 0.15) is 0 Å². The molecule has 0 unspecified atom stereocenters. The van der Waals surface area contributed by atoms with Crippen molar-refractivity contribution < 1.29 is 0 Å². The van der Waals surface area contributed by atoms with Crippen LogP contribution in [0, 0.1) is 19.1 Å². The average Bonchev–Trinajstić information content (AvgIpc) is 2.47. The van der Waals surface area contributed by atoms with E-state index in [1.165, 1.54) is 0 Å². The third-order valence-electron chi connectivity index (χ3n) is 4.99. The van der Waals surface area contributed by atoms with Gasteiger partial charge in [0, 0.05) is 25.7 Å². The molecule has 0 aromatic carbocycles. The summed E-state index contributed by atoms with van der Waals surface area (Å²) in [5.74, 6) is 0.632. The Bertz CT molecular complexity index is 436. The first kappa shape index (κ1) is 14.7. The molecular formula is C15H23N5. The van der Waals surface area contributed by atoms with Gasteiger partial charge in [0.05, 0.1) is 5.54 Å². The van der Waals surface area contributed by atoms with E-state index in [0.29, 0.717) is 5.92 Å². The summed E-state index contributed by atoms with van der Waals surface area (Å²) in [7, 11) is 0. The maximum atomic E-state index is 7.17. The predicted octanol–water partition coefficient (Wildman–Crippen LogP) is 2.34. The zero-order chi connectivity index (χ0) is 14.6. The third kappa shape index (κ3) is 3.04. The van der Waals surface area contributed by atoms with Gasteiger partial charge in [-0.3, -0.25) is 0 Å². The van der Waals surface area contributed by atoms with E-state index in [-0.39, 0.29) is 23.6 Å². The number of nitrogens with zero attached hydrogens (tertiary/aromatic N) is 3. The Hall–Kier alpha value is -1.75. The Morgan fingerprint density at radius 3 is 1.85 bits per heavy atom. The van der Waals surface area contributed by atoms with Gasteiger partial charge in [0.15, 0.2) is 5.96 Å². The van der Waals surface area contributed by atoms with Crippen molar-refractivity contribution in [3.63, 3.8) is 0 Å². The standard InChI is InChI=1S/C15H23N5/c1-18-12-5-3-11(4-6-12)15(20-14(16)17)9-7-13(19-2)8-10-15/h11-13H,3-10H2,(H4,16,17,20). The maximum Gasteiger partial charge on any atom is 0.223 e. The van der Waals surface area contributed by atoms with Gasteiger partial charge in [-0.1, -0.05) is 0 Å². The van der Waals surface area contributed by atoms with Crippen LogP contribution >= 0.6 is 0 Å². The summed E-state index contributed by atoms with van der Waals surface area (Å²) >= 11 is 0. The fraction of sp³-hybridized carbons (Fsp3) is 0.800. The molecule has 20 heavy (non-hydrogen) atoms. The van der Waals surface area contributed by atoms with Gasteiger partial charge in [-0.05, 0) is 31.6 Å². The van der Waals surface area contributed by atoms with Crippen LogP contribution in [-0.2, 0) is 0 Å². The van der Waals surface area contributed by atoms with Crippen LogP contribution in [0.15, 0.2) is 4.99 Å². The van der Waals surface area contributed by atoms with Gasteiger partial charge in [-0.25, -0.2) is 18.1 Å². The molecule has 2 saturated carbocycles. The highest BCUT2D eigenvalue weighted by Crippen LogP contribution is 2.45. The van der Waals surface area contributed by atoms with Crippen molar-refractivity contribution in [1.29, 1.82) is 0 Å². The first-order valence-electron chi connectivity index (χ1n) is 7.43. The van der Waals surface area contributed by atoms with E-state index in [2.05, 4.69) is 14.7 Å². The summed E-state index contributed by atoms with van der Waals surface area (Å²) in [5.41, 5.74) is 11.1. The third-order valence-corrected chi connectivity index (χ3v) is 4.99. The van der Waals surface area contributed by atoms with Crippen molar-refractivity contribution in [3.05, 3.63) is 22.8 Å². The van der Waals surface area contributed by atoms with Crippen molar-refractivity contribution in [2.45, 2.75) is 69.0 Å². The van der Waals surface area contributed by atoms with Gasteiger partial charge < -0.3 is 21.2 Å². The molecule has 0 heterocycles. The van der Waals surface area contributed by atoms with E-state index in [1.807, 2.05) is 0 Å². The smallest absolute Gasteiger partial charge is 0.223 e. The quantitative estimate of drug-likeness (QED) is 0.460. The number of aliphatic imine (C=N–C) groups is 1. The lowest BCUT2D eigenvalue weighted by Gasteiger charge is -2.42. The Labute approximate surface area is 121 Å². The summed E-state index contributed by atoms with van der Waals surface area (Å²) in [4.78, 5) is 11.9. The van der Waals surface area contributed by atoms with Gasteiger partial charge in [-0.2, -0.15) is 0 Å². The molecule has 0 amide bonds. The minimum absolute atomic E-state index is 0.136. The Morgan fingerprint density at radius 1 is 0.900 bits per heavy atom. The normalized spacial score (nSPS) is 37.4. The highest BCUT2D eigenvalue weighted by atomic mass is 15.0. The Balaban J connectivity index is 2.12. The Morgan fingerprint density at radius 2 is 1.40 bits per heavy atom. The lowest BCUT2D eigenvalue weighted by atomic mass is 9.66. The van der Waals surface area contributed by atoms with E-state index in [9.17, 15) is 0 Å². The van der Waals surface area contributed by atoms with Crippen LogP contribution in [0.3, 0.4) is 0 Å². The molecule has 2 fully saturated rings. The number of hydrogen-bond acceptors (Lipinski definition) is 1. The molecule has 0 aliphatic heterocycles. The fourth-order valence-corrected chi connectivity index (χ4v) is 3.84.